The van der Waals surface area contributed by atoms with Crippen LogP contribution in [-0.4, -0.2) is 34.5 Å². The molecule has 5 nitrogen and oxygen atoms in total. The molecule has 1 heterocycles. The number of likely N-dealkylation sites (tertiary alicyclic amines) is 1. The number of nitrogens with zero attached hydrogens (tertiary/aromatic N) is 1. The quantitative estimate of drug-likeness (QED) is 0.662. The minimum absolute atomic E-state index is 0.0523. The number of ether oxygens (including phenoxy) is 1. The molecule has 7 heteroatoms. The summed E-state index contributed by atoms with van der Waals surface area (Å²) >= 11 is 12.0. The van der Waals surface area contributed by atoms with E-state index < -0.39 is 5.97 Å². The third-order valence-corrected chi connectivity index (χ3v) is 4.89. The summed E-state index contributed by atoms with van der Waals surface area (Å²) in [6, 6.07) is 12.4. The van der Waals surface area contributed by atoms with Crippen molar-refractivity contribution in [1.29, 1.82) is 0 Å². The first-order valence-corrected chi connectivity index (χ1v) is 9.54. The number of halogens is 2. The van der Waals surface area contributed by atoms with Crippen LogP contribution in [0, 0.1) is 0 Å². The molecular formula is C21H19Cl2NO4. The van der Waals surface area contributed by atoms with Gasteiger partial charge >= 0.3 is 5.97 Å². The zero-order chi connectivity index (χ0) is 20.1. The lowest BCUT2D eigenvalue weighted by Crippen LogP contribution is -2.36. The molecule has 1 aliphatic rings. The molecule has 0 aliphatic carbocycles. The van der Waals surface area contributed by atoms with Crippen molar-refractivity contribution in [2.24, 2.45) is 0 Å². The van der Waals surface area contributed by atoms with Crippen LogP contribution >= 0.6 is 23.2 Å². The summed E-state index contributed by atoms with van der Waals surface area (Å²) in [4.78, 5) is 24.8. The lowest BCUT2D eigenvalue weighted by atomic mass is 10.1. The van der Waals surface area contributed by atoms with Gasteiger partial charge in [-0.1, -0.05) is 41.4 Å². The molecular weight excluding hydrogens is 401 g/mol. The van der Waals surface area contributed by atoms with E-state index in [-0.39, 0.29) is 11.9 Å². The largest absolute Gasteiger partial charge is 0.491 e. The van der Waals surface area contributed by atoms with E-state index in [4.69, 9.17) is 33.0 Å². The highest BCUT2D eigenvalue weighted by Gasteiger charge is 2.31. The fraction of sp³-hybridized carbons (Fsp3) is 0.238. The van der Waals surface area contributed by atoms with Crippen molar-refractivity contribution in [1.82, 2.24) is 4.90 Å². The number of carboxylic acids is 1. The van der Waals surface area contributed by atoms with E-state index in [1.54, 1.807) is 23.1 Å². The molecule has 1 atom stereocenters. The topological polar surface area (TPSA) is 66.8 Å². The molecule has 1 aliphatic heterocycles. The highest BCUT2D eigenvalue weighted by molar-refractivity contribution is 6.34. The number of amides is 1. The molecule has 0 bridgehead atoms. The number of hydrogen-bond acceptors (Lipinski definition) is 3. The second kappa shape index (κ2) is 9.13. The Labute approximate surface area is 173 Å². The van der Waals surface area contributed by atoms with Crippen LogP contribution in [0.1, 0.15) is 24.0 Å². The highest BCUT2D eigenvalue weighted by atomic mass is 35.5. The Kier molecular flexibility index (Phi) is 6.60. The first kappa shape index (κ1) is 20.2. The van der Waals surface area contributed by atoms with Gasteiger partial charge in [-0.2, -0.15) is 0 Å². The summed E-state index contributed by atoms with van der Waals surface area (Å²) in [6.07, 6.45) is 3.81. The van der Waals surface area contributed by atoms with Crippen molar-refractivity contribution in [2.45, 2.75) is 25.4 Å². The average molecular weight is 420 g/mol. The van der Waals surface area contributed by atoms with Crippen molar-refractivity contribution in [2.75, 3.05) is 6.61 Å². The summed E-state index contributed by atoms with van der Waals surface area (Å²) in [7, 11) is 0. The molecule has 0 unspecified atom stereocenters. The summed E-state index contributed by atoms with van der Waals surface area (Å²) in [5, 5.41) is 9.75. The average Bonchev–Trinajstić information content (AvgIpc) is 2.98. The van der Waals surface area contributed by atoms with Crippen LogP contribution in [0.25, 0.3) is 6.08 Å². The summed E-state index contributed by atoms with van der Waals surface area (Å²) in [5.74, 6) is -0.361. The molecule has 1 amide bonds. The number of carbonyl (C=O) groups is 2. The van der Waals surface area contributed by atoms with Gasteiger partial charge in [0, 0.05) is 29.1 Å². The van der Waals surface area contributed by atoms with Gasteiger partial charge < -0.3 is 14.7 Å². The lowest BCUT2D eigenvalue weighted by Gasteiger charge is -2.25. The smallest absolute Gasteiger partial charge is 0.328 e. The standard InChI is InChI=1S/C21H19Cl2NO4/c22-16-9-17(23)11-19(10-16)28-13-18-5-6-20(25)24(18)12-15-3-1-2-14(8-15)4-7-21(26)27/h1-4,7-11,18H,5-6,12-13H2,(H,26,27)/t18-/m1/s1. The Hall–Kier alpha value is -2.50. The van der Waals surface area contributed by atoms with Crippen molar-refractivity contribution in [3.63, 3.8) is 0 Å². The SMILES string of the molecule is O=C(O)C=Cc1cccc(CN2C(=O)CC[C@@H]2COc2cc(Cl)cc(Cl)c2)c1. The van der Waals surface area contributed by atoms with Crippen LogP contribution in [-0.2, 0) is 16.1 Å². The van der Waals surface area contributed by atoms with Gasteiger partial charge in [0.2, 0.25) is 5.91 Å². The summed E-state index contributed by atoms with van der Waals surface area (Å²) in [5.41, 5.74) is 1.70. The molecule has 28 heavy (non-hydrogen) atoms. The predicted octanol–water partition coefficient (Wildman–Crippen LogP) is 4.66. The van der Waals surface area contributed by atoms with Crippen molar-refractivity contribution in [3.05, 3.63) is 69.7 Å². The van der Waals surface area contributed by atoms with E-state index in [0.29, 0.717) is 41.8 Å². The van der Waals surface area contributed by atoms with Crippen LogP contribution in [0.2, 0.25) is 10.0 Å². The van der Waals surface area contributed by atoms with E-state index in [2.05, 4.69) is 0 Å². The van der Waals surface area contributed by atoms with Crippen LogP contribution in [0.3, 0.4) is 0 Å². The van der Waals surface area contributed by atoms with Crippen LogP contribution in [0.4, 0.5) is 0 Å². The van der Waals surface area contributed by atoms with Crippen molar-refractivity contribution in [3.8, 4) is 5.75 Å². The van der Waals surface area contributed by atoms with Gasteiger partial charge in [0.1, 0.15) is 12.4 Å². The van der Waals surface area contributed by atoms with Crippen LogP contribution in [0.5, 0.6) is 5.75 Å². The molecule has 1 fully saturated rings. The first-order valence-electron chi connectivity index (χ1n) is 8.79. The van der Waals surface area contributed by atoms with Crippen molar-refractivity contribution >= 4 is 41.2 Å². The van der Waals surface area contributed by atoms with Gasteiger partial charge in [-0.05, 0) is 47.9 Å². The number of carbonyl (C=O) groups excluding carboxylic acids is 1. The van der Waals surface area contributed by atoms with Gasteiger partial charge in [-0.15, -0.1) is 0 Å². The molecule has 2 aromatic rings. The number of aliphatic carboxylic acids is 1. The zero-order valence-electron chi connectivity index (χ0n) is 15.0. The summed E-state index contributed by atoms with van der Waals surface area (Å²) in [6.45, 7) is 0.791. The van der Waals surface area contributed by atoms with Crippen molar-refractivity contribution < 1.29 is 19.4 Å². The number of hydrogen-bond donors (Lipinski definition) is 1. The minimum atomic E-state index is -1.00. The Balaban J connectivity index is 1.67. The Morgan fingerprint density at radius 2 is 1.96 bits per heavy atom. The Morgan fingerprint density at radius 3 is 2.68 bits per heavy atom. The third-order valence-electron chi connectivity index (χ3n) is 4.45. The highest BCUT2D eigenvalue weighted by Crippen LogP contribution is 2.27. The molecule has 0 radical (unpaired) electrons. The minimum Gasteiger partial charge on any atom is -0.491 e. The number of benzene rings is 2. The second-order valence-electron chi connectivity index (χ2n) is 6.55. The van der Waals surface area contributed by atoms with Gasteiger partial charge in [0.15, 0.2) is 0 Å². The molecule has 1 N–H and O–H groups in total. The van der Waals surface area contributed by atoms with Gasteiger partial charge in [-0.3, -0.25) is 4.79 Å². The normalized spacial score (nSPS) is 16.7. The van der Waals surface area contributed by atoms with Gasteiger partial charge in [-0.25, -0.2) is 4.79 Å². The Bertz CT molecular complexity index is 893. The maximum atomic E-state index is 12.3. The number of carboxylic acid groups (broad SMARTS) is 1. The Morgan fingerprint density at radius 1 is 1.21 bits per heavy atom. The second-order valence-corrected chi connectivity index (χ2v) is 7.42. The van der Waals surface area contributed by atoms with E-state index in [1.165, 1.54) is 6.08 Å². The molecule has 146 valence electrons. The van der Waals surface area contributed by atoms with E-state index >= 15 is 0 Å². The monoisotopic (exact) mass is 419 g/mol. The molecule has 0 saturated carbocycles. The van der Waals surface area contributed by atoms with Gasteiger partial charge in [0.25, 0.3) is 0 Å². The lowest BCUT2D eigenvalue weighted by molar-refractivity contribution is -0.131. The predicted molar refractivity (Wildman–Crippen MR) is 109 cm³/mol. The number of rotatable bonds is 7. The molecule has 0 spiro atoms. The summed E-state index contributed by atoms with van der Waals surface area (Å²) < 4.78 is 5.82. The van der Waals surface area contributed by atoms with Gasteiger partial charge in [0.05, 0.1) is 6.04 Å². The van der Waals surface area contributed by atoms with E-state index in [0.717, 1.165) is 17.2 Å². The molecule has 3 rings (SSSR count). The van der Waals surface area contributed by atoms with E-state index in [1.807, 2.05) is 24.3 Å². The van der Waals surface area contributed by atoms with E-state index in [9.17, 15) is 9.59 Å². The molecule has 2 aromatic carbocycles. The fourth-order valence-corrected chi connectivity index (χ4v) is 3.65. The zero-order valence-corrected chi connectivity index (χ0v) is 16.5. The van der Waals surface area contributed by atoms with Crippen LogP contribution in [0.15, 0.2) is 48.5 Å². The fourth-order valence-electron chi connectivity index (χ4n) is 3.15. The first-order chi connectivity index (χ1) is 13.4. The molecule has 1 saturated heterocycles. The third kappa shape index (κ3) is 5.50. The maximum absolute atomic E-state index is 12.3. The molecule has 0 aromatic heterocycles. The van der Waals surface area contributed by atoms with Crippen LogP contribution < -0.4 is 4.74 Å². The maximum Gasteiger partial charge on any atom is 0.328 e.